The van der Waals surface area contributed by atoms with E-state index in [9.17, 15) is 22.4 Å². The standard InChI is InChI=1S/C10H10F4N2O.ClH/c1-5(15)9(17)16-8-4-6(10(12,13)14)2-3-7(8)11;/h2-5H,15H2,1H3,(H,16,17);1H. The van der Waals surface area contributed by atoms with E-state index in [2.05, 4.69) is 0 Å². The fourth-order valence-corrected chi connectivity index (χ4v) is 1.04. The molecule has 3 N–H and O–H groups in total. The van der Waals surface area contributed by atoms with Gasteiger partial charge in [-0.15, -0.1) is 12.4 Å². The molecule has 0 heterocycles. The maximum Gasteiger partial charge on any atom is 0.416 e. The summed E-state index contributed by atoms with van der Waals surface area (Å²) in [6.45, 7) is 1.33. The van der Waals surface area contributed by atoms with Gasteiger partial charge in [-0.2, -0.15) is 13.2 Å². The number of alkyl halides is 3. The summed E-state index contributed by atoms with van der Waals surface area (Å²) < 4.78 is 50.2. The maximum atomic E-state index is 13.2. The molecule has 1 aromatic carbocycles. The summed E-state index contributed by atoms with van der Waals surface area (Å²) in [5, 5.41) is 1.98. The van der Waals surface area contributed by atoms with Crippen LogP contribution in [0.5, 0.6) is 0 Å². The van der Waals surface area contributed by atoms with E-state index < -0.39 is 35.2 Å². The fourth-order valence-electron chi connectivity index (χ4n) is 1.04. The van der Waals surface area contributed by atoms with E-state index in [1.165, 1.54) is 6.92 Å². The molecule has 0 radical (unpaired) electrons. The molecule has 102 valence electrons. The second-order valence-corrected chi connectivity index (χ2v) is 3.47. The van der Waals surface area contributed by atoms with E-state index in [1.807, 2.05) is 5.32 Å². The van der Waals surface area contributed by atoms with E-state index in [0.29, 0.717) is 18.2 Å². The molecule has 1 amide bonds. The lowest BCUT2D eigenvalue weighted by molar-refractivity contribution is -0.137. The number of nitrogens with two attached hydrogens (primary N) is 1. The number of carbonyl (C=O) groups excluding carboxylic acids is 1. The first-order valence-electron chi connectivity index (χ1n) is 4.65. The third-order valence-corrected chi connectivity index (χ3v) is 1.97. The lowest BCUT2D eigenvalue weighted by atomic mass is 10.2. The highest BCUT2D eigenvalue weighted by molar-refractivity contribution is 5.94. The number of rotatable bonds is 2. The smallest absolute Gasteiger partial charge is 0.322 e. The molecule has 0 bridgehead atoms. The van der Waals surface area contributed by atoms with Crippen molar-refractivity contribution in [2.75, 3.05) is 5.32 Å². The molecule has 0 aromatic heterocycles. The molecule has 0 spiro atoms. The van der Waals surface area contributed by atoms with E-state index >= 15 is 0 Å². The van der Waals surface area contributed by atoms with Gasteiger partial charge in [0.25, 0.3) is 0 Å². The summed E-state index contributed by atoms with van der Waals surface area (Å²) in [4.78, 5) is 11.1. The predicted octanol–water partition coefficient (Wildman–Crippen LogP) is 2.55. The summed E-state index contributed by atoms with van der Waals surface area (Å²) in [5.74, 6) is -1.71. The second kappa shape index (κ2) is 6.01. The minimum atomic E-state index is -4.60. The van der Waals surface area contributed by atoms with Gasteiger partial charge in [-0.25, -0.2) is 4.39 Å². The zero-order chi connectivity index (χ0) is 13.2. The van der Waals surface area contributed by atoms with Crippen LogP contribution in [0.3, 0.4) is 0 Å². The summed E-state index contributed by atoms with van der Waals surface area (Å²) in [5.41, 5.74) is 3.62. The Labute approximate surface area is 107 Å². The van der Waals surface area contributed by atoms with Gasteiger partial charge in [0, 0.05) is 0 Å². The minimum absolute atomic E-state index is 0. The molecule has 0 aliphatic carbocycles. The van der Waals surface area contributed by atoms with Crippen LogP contribution in [-0.2, 0) is 11.0 Å². The van der Waals surface area contributed by atoms with Crippen molar-refractivity contribution in [3.8, 4) is 0 Å². The van der Waals surface area contributed by atoms with Crippen LogP contribution in [0.1, 0.15) is 12.5 Å². The molecule has 0 fully saturated rings. The van der Waals surface area contributed by atoms with Gasteiger partial charge in [0.15, 0.2) is 0 Å². The lowest BCUT2D eigenvalue weighted by Gasteiger charge is -2.12. The molecule has 1 unspecified atom stereocenters. The van der Waals surface area contributed by atoms with Crippen LogP contribution in [0.15, 0.2) is 18.2 Å². The van der Waals surface area contributed by atoms with Crippen molar-refractivity contribution in [2.45, 2.75) is 19.1 Å². The Bertz CT molecular complexity index is 434. The molecule has 0 saturated heterocycles. The molecule has 3 nitrogen and oxygen atoms in total. The third kappa shape index (κ3) is 4.15. The predicted molar refractivity (Wildman–Crippen MR) is 60.9 cm³/mol. The molecular formula is C10H11ClF4N2O. The van der Waals surface area contributed by atoms with Crippen LogP contribution in [-0.4, -0.2) is 11.9 Å². The monoisotopic (exact) mass is 286 g/mol. The van der Waals surface area contributed by atoms with Gasteiger partial charge >= 0.3 is 6.18 Å². The molecule has 1 aromatic rings. The molecule has 0 saturated carbocycles. The number of amides is 1. The first kappa shape index (κ1) is 16.7. The van der Waals surface area contributed by atoms with E-state index in [4.69, 9.17) is 5.73 Å². The molecule has 18 heavy (non-hydrogen) atoms. The summed E-state index contributed by atoms with van der Waals surface area (Å²) >= 11 is 0. The molecular weight excluding hydrogens is 276 g/mol. The van der Waals surface area contributed by atoms with Gasteiger partial charge in [-0.3, -0.25) is 4.79 Å². The van der Waals surface area contributed by atoms with Crippen molar-refractivity contribution in [1.82, 2.24) is 0 Å². The van der Waals surface area contributed by atoms with Crippen LogP contribution >= 0.6 is 12.4 Å². The Kier molecular flexibility index (Phi) is 5.56. The summed E-state index contributed by atoms with van der Waals surface area (Å²) in [6.07, 6.45) is -4.60. The largest absolute Gasteiger partial charge is 0.416 e. The first-order chi connectivity index (χ1) is 7.71. The van der Waals surface area contributed by atoms with Gasteiger partial charge in [0.2, 0.25) is 5.91 Å². The average Bonchev–Trinajstić information content (AvgIpc) is 2.19. The Morgan fingerprint density at radius 1 is 1.39 bits per heavy atom. The number of halogens is 5. The van der Waals surface area contributed by atoms with E-state index in [1.54, 1.807) is 0 Å². The summed E-state index contributed by atoms with van der Waals surface area (Å²) in [6, 6.07) is 0.815. The highest BCUT2D eigenvalue weighted by Gasteiger charge is 2.31. The minimum Gasteiger partial charge on any atom is -0.322 e. The molecule has 0 aliphatic rings. The Balaban J connectivity index is 0.00000289. The molecule has 1 atom stereocenters. The normalized spacial score (nSPS) is 12.6. The number of anilines is 1. The first-order valence-corrected chi connectivity index (χ1v) is 4.65. The maximum absolute atomic E-state index is 13.2. The van der Waals surface area contributed by atoms with Crippen molar-refractivity contribution in [2.24, 2.45) is 5.73 Å². The van der Waals surface area contributed by atoms with Crippen molar-refractivity contribution < 1.29 is 22.4 Å². The van der Waals surface area contributed by atoms with Crippen LogP contribution in [0, 0.1) is 5.82 Å². The fraction of sp³-hybridized carbons (Fsp3) is 0.300. The summed E-state index contributed by atoms with van der Waals surface area (Å²) in [7, 11) is 0. The van der Waals surface area contributed by atoms with Gasteiger partial charge in [-0.1, -0.05) is 0 Å². The molecule has 1 rings (SSSR count). The van der Waals surface area contributed by atoms with Crippen LogP contribution in [0.4, 0.5) is 23.2 Å². The number of benzene rings is 1. The highest BCUT2D eigenvalue weighted by Crippen LogP contribution is 2.31. The number of hydrogen-bond acceptors (Lipinski definition) is 2. The number of hydrogen-bond donors (Lipinski definition) is 2. The highest BCUT2D eigenvalue weighted by atomic mass is 35.5. The Hall–Kier alpha value is -1.34. The SMILES string of the molecule is CC(N)C(=O)Nc1cc(C(F)(F)F)ccc1F.Cl. The van der Waals surface area contributed by atoms with E-state index in [0.717, 1.165) is 0 Å². The Morgan fingerprint density at radius 3 is 2.39 bits per heavy atom. The number of nitrogens with one attached hydrogen (secondary N) is 1. The zero-order valence-corrected chi connectivity index (χ0v) is 10.0. The van der Waals surface area contributed by atoms with Crippen LogP contribution < -0.4 is 11.1 Å². The molecule has 0 aliphatic heterocycles. The van der Waals surface area contributed by atoms with Crippen molar-refractivity contribution in [3.63, 3.8) is 0 Å². The average molecular weight is 287 g/mol. The lowest BCUT2D eigenvalue weighted by Crippen LogP contribution is -2.32. The second-order valence-electron chi connectivity index (χ2n) is 3.47. The van der Waals surface area contributed by atoms with Crippen molar-refractivity contribution in [3.05, 3.63) is 29.6 Å². The van der Waals surface area contributed by atoms with Gasteiger partial charge in [0.1, 0.15) is 5.82 Å². The van der Waals surface area contributed by atoms with Gasteiger partial charge in [-0.05, 0) is 25.1 Å². The van der Waals surface area contributed by atoms with Crippen molar-refractivity contribution in [1.29, 1.82) is 0 Å². The van der Waals surface area contributed by atoms with Crippen molar-refractivity contribution >= 4 is 24.0 Å². The third-order valence-electron chi connectivity index (χ3n) is 1.97. The van der Waals surface area contributed by atoms with Gasteiger partial charge < -0.3 is 11.1 Å². The quantitative estimate of drug-likeness (QED) is 0.821. The van der Waals surface area contributed by atoms with Crippen LogP contribution in [0.25, 0.3) is 0 Å². The number of carbonyl (C=O) groups is 1. The van der Waals surface area contributed by atoms with Gasteiger partial charge in [0.05, 0.1) is 17.3 Å². The Morgan fingerprint density at radius 2 is 1.94 bits per heavy atom. The van der Waals surface area contributed by atoms with E-state index in [-0.39, 0.29) is 12.4 Å². The molecule has 8 heteroatoms. The zero-order valence-electron chi connectivity index (χ0n) is 9.22. The topological polar surface area (TPSA) is 55.1 Å². The van der Waals surface area contributed by atoms with Crippen LogP contribution in [0.2, 0.25) is 0 Å².